The topological polar surface area (TPSA) is 141 Å². The monoisotopic (exact) mass is 461 g/mol. The third-order valence-electron chi connectivity index (χ3n) is 5.08. The zero-order chi connectivity index (χ0) is 22.7. The Morgan fingerprint density at radius 1 is 1.31 bits per heavy atom. The van der Waals surface area contributed by atoms with Crippen LogP contribution in [0.15, 0.2) is 43.0 Å². The molecule has 0 aliphatic carbocycles. The molecule has 32 heavy (non-hydrogen) atoms. The highest BCUT2D eigenvalue weighted by atomic mass is 31.1. The Labute approximate surface area is 184 Å². The van der Waals surface area contributed by atoms with Crippen LogP contribution in [0.4, 0.5) is 5.82 Å². The average molecular weight is 461 g/mol. The lowest BCUT2D eigenvalue weighted by Gasteiger charge is -2.21. The van der Waals surface area contributed by atoms with E-state index in [0.717, 1.165) is 0 Å². The van der Waals surface area contributed by atoms with Crippen LogP contribution in [0.3, 0.4) is 0 Å². The van der Waals surface area contributed by atoms with Crippen molar-refractivity contribution >= 4 is 31.2 Å². The third kappa shape index (κ3) is 4.74. The van der Waals surface area contributed by atoms with Crippen LogP contribution in [0.25, 0.3) is 11.2 Å². The Morgan fingerprint density at radius 2 is 2.09 bits per heavy atom. The summed E-state index contributed by atoms with van der Waals surface area (Å²) in [5.41, 5.74) is 6.76. The van der Waals surface area contributed by atoms with Gasteiger partial charge in [0.25, 0.3) is 0 Å². The molecule has 0 radical (unpaired) electrons. The summed E-state index contributed by atoms with van der Waals surface area (Å²) in [5.74, 6) is 0.321. The molecular formula is C20H24N5O6P. The maximum atomic E-state index is 12.4. The van der Waals surface area contributed by atoms with E-state index >= 15 is 0 Å². The van der Waals surface area contributed by atoms with Crippen molar-refractivity contribution in [3.63, 3.8) is 0 Å². The second-order valence-electron chi connectivity index (χ2n) is 7.25. The number of hydrogen-bond acceptors (Lipinski definition) is 10. The third-order valence-corrected chi connectivity index (χ3v) is 6.05. The minimum Gasteiger partial charge on any atom is -0.457 e. The fraction of sp³-hybridized carbons (Fsp3) is 0.400. The molecule has 1 fully saturated rings. The quantitative estimate of drug-likeness (QED) is 0.393. The Kier molecular flexibility index (Phi) is 6.69. The van der Waals surface area contributed by atoms with Gasteiger partial charge in [-0.3, -0.25) is 13.9 Å². The number of nitrogens with zero attached hydrogens (tertiary/aromatic N) is 4. The first-order chi connectivity index (χ1) is 15.5. The lowest BCUT2D eigenvalue weighted by molar-refractivity contribution is -0.154. The summed E-state index contributed by atoms with van der Waals surface area (Å²) in [6, 6.07) is 8.76. The predicted molar refractivity (Wildman–Crippen MR) is 115 cm³/mol. The standard InChI is InChI=1S/C20H24N5O6P/c1-3-16(26)28-15-9-14(12(2)30-32(27)31-13-7-5-4-6-8-13)29-20(15)25-11-24-17-18(21)22-10-23-19(17)25/h4-8,10-12,14-15,20,32H,3,9H2,1-2H3,(H2,21,22,23)/t12-,14-,15+,20+/m0/s1. The first-order valence-corrected chi connectivity index (χ1v) is 11.4. The van der Waals surface area contributed by atoms with Gasteiger partial charge in [-0.25, -0.2) is 19.5 Å². The number of aromatic nitrogens is 4. The first kappa shape index (κ1) is 22.2. The molecule has 1 aromatic carbocycles. The van der Waals surface area contributed by atoms with Crippen LogP contribution in [-0.4, -0.2) is 43.8 Å². The van der Waals surface area contributed by atoms with Crippen molar-refractivity contribution < 1.29 is 27.9 Å². The highest BCUT2D eigenvalue weighted by Gasteiger charge is 2.43. The van der Waals surface area contributed by atoms with Gasteiger partial charge in [0.1, 0.15) is 23.7 Å². The predicted octanol–water partition coefficient (Wildman–Crippen LogP) is 2.89. The Hall–Kier alpha value is -3.01. The number of fused-ring (bicyclic) bond motifs is 1. The highest BCUT2D eigenvalue weighted by Crippen LogP contribution is 2.38. The van der Waals surface area contributed by atoms with Crippen LogP contribution in [0, 0.1) is 0 Å². The number of esters is 1. The molecular weight excluding hydrogens is 437 g/mol. The lowest BCUT2D eigenvalue weighted by Crippen LogP contribution is -2.25. The number of ether oxygens (including phenoxy) is 2. The van der Waals surface area contributed by atoms with Gasteiger partial charge in [0.2, 0.25) is 0 Å². The fourth-order valence-electron chi connectivity index (χ4n) is 3.47. The summed E-state index contributed by atoms with van der Waals surface area (Å²) in [6.07, 6.45) is 0.961. The van der Waals surface area contributed by atoms with E-state index < -0.39 is 32.8 Å². The normalized spacial score (nSPS) is 22.5. The van der Waals surface area contributed by atoms with Gasteiger partial charge in [-0.1, -0.05) is 25.1 Å². The highest BCUT2D eigenvalue weighted by molar-refractivity contribution is 7.33. The van der Waals surface area contributed by atoms with Crippen LogP contribution >= 0.6 is 8.25 Å². The number of anilines is 1. The fourth-order valence-corrected chi connectivity index (χ4v) is 4.30. The molecule has 11 nitrogen and oxygen atoms in total. The van der Waals surface area contributed by atoms with Crippen molar-refractivity contribution in [1.29, 1.82) is 0 Å². The van der Waals surface area contributed by atoms with Crippen LogP contribution in [0.1, 0.15) is 32.9 Å². The second kappa shape index (κ2) is 9.64. The van der Waals surface area contributed by atoms with Gasteiger partial charge in [0.15, 0.2) is 17.7 Å². The molecule has 1 unspecified atom stereocenters. The Balaban J connectivity index is 1.51. The number of carbonyl (C=O) groups is 1. The van der Waals surface area contributed by atoms with Crippen molar-refractivity contribution in [1.82, 2.24) is 19.5 Å². The number of nitrogens with two attached hydrogens (primary N) is 1. The maximum Gasteiger partial charge on any atom is 0.368 e. The van der Waals surface area contributed by atoms with E-state index in [4.69, 9.17) is 24.3 Å². The molecule has 5 atom stereocenters. The molecule has 2 N–H and O–H groups in total. The zero-order valence-electron chi connectivity index (χ0n) is 17.6. The Bertz CT molecular complexity index is 1110. The van der Waals surface area contributed by atoms with Gasteiger partial charge >= 0.3 is 14.2 Å². The zero-order valence-corrected chi connectivity index (χ0v) is 18.6. The molecule has 0 saturated carbocycles. The van der Waals surface area contributed by atoms with Gasteiger partial charge in [-0.2, -0.15) is 0 Å². The molecule has 3 aromatic rings. The van der Waals surface area contributed by atoms with Gasteiger partial charge in [0, 0.05) is 12.8 Å². The summed E-state index contributed by atoms with van der Waals surface area (Å²) in [7, 11) is -2.83. The van der Waals surface area contributed by atoms with Crippen molar-refractivity contribution in [2.24, 2.45) is 0 Å². The molecule has 1 aliphatic rings. The smallest absolute Gasteiger partial charge is 0.368 e. The lowest BCUT2D eigenvalue weighted by atomic mass is 10.1. The van der Waals surface area contributed by atoms with Gasteiger partial charge in [-0.05, 0) is 19.1 Å². The van der Waals surface area contributed by atoms with E-state index in [1.54, 1.807) is 42.7 Å². The Morgan fingerprint density at radius 3 is 2.84 bits per heavy atom. The molecule has 2 aromatic heterocycles. The molecule has 3 heterocycles. The number of rotatable bonds is 8. The van der Waals surface area contributed by atoms with Crippen molar-refractivity contribution in [3.05, 3.63) is 43.0 Å². The first-order valence-electron chi connectivity index (χ1n) is 10.2. The van der Waals surface area contributed by atoms with Crippen molar-refractivity contribution in [3.8, 4) is 5.75 Å². The molecule has 4 rings (SSSR count). The molecule has 12 heteroatoms. The van der Waals surface area contributed by atoms with Crippen molar-refractivity contribution in [2.45, 2.75) is 51.2 Å². The van der Waals surface area contributed by atoms with Crippen LogP contribution < -0.4 is 10.3 Å². The number of imidazole rings is 1. The van der Waals surface area contributed by atoms with E-state index in [0.29, 0.717) is 23.3 Å². The molecule has 0 amide bonds. The van der Waals surface area contributed by atoms with Crippen molar-refractivity contribution in [2.75, 3.05) is 5.73 Å². The summed E-state index contributed by atoms with van der Waals surface area (Å²) < 4.78 is 36.7. The number of benzene rings is 1. The van der Waals surface area contributed by atoms with Gasteiger partial charge in [0.05, 0.1) is 18.5 Å². The summed E-state index contributed by atoms with van der Waals surface area (Å²) in [5, 5.41) is 0. The molecule has 0 bridgehead atoms. The van der Waals surface area contributed by atoms with Crippen LogP contribution in [0.5, 0.6) is 5.75 Å². The molecule has 170 valence electrons. The number of para-hydroxylation sites is 1. The van der Waals surface area contributed by atoms with Gasteiger partial charge < -0.3 is 19.7 Å². The van der Waals surface area contributed by atoms with Crippen LogP contribution in [0.2, 0.25) is 0 Å². The largest absolute Gasteiger partial charge is 0.457 e. The maximum absolute atomic E-state index is 12.4. The van der Waals surface area contributed by atoms with Gasteiger partial charge in [-0.15, -0.1) is 0 Å². The summed E-state index contributed by atoms with van der Waals surface area (Å²) >= 11 is 0. The van der Waals surface area contributed by atoms with E-state index in [9.17, 15) is 9.36 Å². The van der Waals surface area contributed by atoms with E-state index in [-0.39, 0.29) is 18.2 Å². The number of carbonyl (C=O) groups excluding carboxylic acids is 1. The van der Waals surface area contributed by atoms with E-state index in [1.807, 2.05) is 6.07 Å². The second-order valence-corrected chi connectivity index (χ2v) is 8.19. The number of nitrogen functional groups attached to an aromatic ring is 1. The molecule has 1 saturated heterocycles. The van der Waals surface area contributed by atoms with Crippen LogP contribution in [-0.2, 0) is 23.4 Å². The number of hydrogen-bond donors (Lipinski definition) is 1. The molecule has 1 aliphatic heterocycles. The van der Waals surface area contributed by atoms with E-state index in [1.165, 1.54) is 12.7 Å². The van der Waals surface area contributed by atoms with E-state index in [2.05, 4.69) is 15.0 Å². The molecule has 0 spiro atoms. The summed E-state index contributed by atoms with van der Waals surface area (Å²) in [6.45, 7) is 3.44. The minimum atomic E-state index is -2.83. The summed E-state index contributed by atoms with van der Waals surface area (Å²) in [4.78, 5) is 24.4. The minimum absolute atomic E-state index is 0.221. The SMILES string of the molecule is CCC(=O)O[C@@H]1C[C@@H]([C@H](C)O[PH](=O)Oc2ccccc2)O[C@H]1n1cnc2c(N)ncnc21. The average Bonchev–Trinajstić information content (AvgIpc) is 3.39.